The Morgan fingerprint density at radius 1 is 1.03 bits per heavy atom. The van der Waals surface area contributed by atoms with Crippen LogP contribution in [-0.2, 0) is 11.2 Å². The van der Waals surface area contributed by atoms with Gasteiger partial charge in [-0.25, -0.2) is 4.79 Å². The van der Waals surface area contributed by atoms with Crippen LogP contribution in [0.25, 0.3) is 10.9 Å². The van der Waals surface area contributed by atoms with Gasteiger partial charge in [-0.05, 0) is 49.2 Å². The van der Waals surface area contributed by atoms with Crippen molar-refractivity contribution in [3.05, 3.63) is 95.2 Å². The standard InChI is InChI=1S/C28H26N4O5/c1-17-26(24(33)14-9-18-7-10-19(11-8-18)27(29)30)22-15-21(12-13-23(22)31-17)37-28(36)32(16-25(34)35)20-5-3-2-4-6-20/h2-8,10-13,15,31H,9,14,16H2,1H3,(H3,29,30)(H,34,35). The maximum Gasteiger partial charge on any atom is 0.420 e. The molecule has 0 radical (unpaired) electrons. The summed E-state index contributed by atoms with van der Waals surface area (Å²) in [5.41, 5.74) is 9.39. The molecular formula is C28H26N4O5. The number of aryl methyl sites for hydroxylation is 2. The van der Waals surface area contributed by atoms with Gasteiger partial charge in [-0.3, -0.25) is 19.9 Å². The molecule has 5 N–H and O–H groups in total. The van der Waals surface area contributed by atoms with Crippen molar-refractivity contribution in [2.45, 2.75) is 19.8 Å². The van der Waals surface area contributed by atoms with Crippen LogP contribution >= 0.6 is 0 Å². The molecule has 1 amide bonds. The van der Waals surface area contributed by atoms with E-state index in [-0.39, 0.29) is 23.8 Å². The third kappa shape index (κ3) is 5.84. The molecule has 0 fully saturated rings. The number of carbonyl (C=O) groups excluding carboxylic acids is 2. The fourth-order valence-electron chi connectivity index (χ4n) is 4.12. The van der Waals surface area contributed by atoms with Crippen LogP contribution in [0.2, 0.25) is 0 Å². The molecule has 0 saturated carbocycles. The second kappa shape index (κ2) is 10.8. The number of Topliss-reactive ketones (excluding diaryl/α,β-unsaturated/α-hetero) is 1. The Hall–Kier alpha value is -4.92. The molecule has 1 heterocycles. The largest absolute Gasteiger partial charge is 0.480 e. The maximum atomic E-state index is 13.2. The molecule has 188 valence electrons. The average molecular weight is 499 g/mol. The van der Waals surface area contributed by atoms with Crippen LogP contribution < -0.4 is 15.4 Å². The van der Waals surface area contributed by atoms with Crippen LogP contribution in [0.3, 0.4) is 0 Å². The summed E-state index contributed by atoms with van der Waals surface area (Å²) in [4.78, 5) is 41.6. The minimum atomic E-state index is -1.18. The number of ether oxygens (including phenoxy) is 1. The van der Waals surface area contributed by atoms with Gasteiger partial charge in [-0.15, -0.1) is 0 Å². The van der Waals surface area contributed by atoms with Gasteiger partial charge in [-0.1, -0.05) is 42.5 Å². The minimum absolute atomic E-state index is 0.0107. The van der Waals surface area contributed by atoms with E-state index in [1.165, 1.54) is 0 Å². The van der Waals surface area contributed by atoms with Crippen molar-refractivity contribution in [1.29, 1.82) is 5.41 Å². The van der Waals surface area contributed by atoms with Gasteiger partial charge in [0.05, 0.1) is 0 Å². The Kier molecular flexibility index (Phi) is 7.34. The van der Waals surface area contributed by atoms with Crippen LogP contribution in [0.5, 0.6) is 5.75 Å². The fourth-order valence-corrected chi connectivity index (χ4v) is 4.12. The van der Waals surface area contributed by atoms with Crippen molar-refractivity contribution >= 4 is 40.3 Å². The number of carboxylic acid groups (broad SMARTS) is 1. The Bertz CT molecular complexity index is 1480. The van der Waals surface area contributed by atoms with Gasteiger partial charge in [-0.2, -0.15) is 0 Å². The quantitative estimate of drug-likeness (QED) is 0.150. The summed E-state index contributed by atoms with van der Waals surface area (Å²) >= 11 is 0. The Balaban J connectivity index is 1.54. The molecule has 0 unspecified atom stereocenters. The molecule has 4 rings (SSSR count). The number of carbonyl (C=O) groups is 3. The molecule has 0 aliphatic heterocycles. The van der Waals surface area contributed by atoms with Crippen molar-refractivity contribution < 1.29 is 24.2 Å². The number of hydrogen-bond acceptors (Lipinski definition) is 5. The SMILES string of the molecule is Cc1[nH]c2ccc(OC(=O)N(CC(=O)O)c3ccccc3)cc2c1C(=O)CCc1ccc(C(=N)N)cc1. The van der Waals surface area contributed by atoms with E-state index >= 15 is 0 Å². The second-order valence-electron chi connectivity index (χ2n) is 8.55. The highest BCUT2D eigenvalue weighted by molar-refractivity contribution is 6.09. The predicted molar refractivity (Wildman–Crippen MR) is 141 cm³/mol. The lowest BCUT2D eigenvalue weighted by atomic mass is 9.99. The first-order valence-corrected chi connectivity index (χ1v) is 11.6. The van der Waals surface area contributed by atoms with E-state index in [0.717, 1.165) is 16.0 Å². The third-order valence-corrected chi connectivity index (χ3v) is 5.93. The van der Waals surface area contributed by atoms with Crippen LogP contribution in [0.15, 0.2) is 72.8 Å². The molecule has 1 aromatic heterocycles. The number of anilines is 1. The van der Waals surface area contributed by atoms with Crippen LogP contribution in [0, 0.1) is 12.3 Å². The molecule has 0 spiro atoms. The number of aliphatic carboxylic acids is 1. The second-order valence-corrected chi connectivity index (χ2v) is 8.55. The van der Waals surface area contributed by atoms with Crippen LogP contribution in [0.4, 0.5) is 10.5 Å². The van der Waals surface area contributed by atoms with E-state index in [1.807, 2.05) is 19.1 Å². The van der Waals surface area contributed by atoms with E-state index in [9.17, 15) is 19.5 Å². The van der Waals surface area contributed by atoms with E-state index in [4.69, 9.17) is 15.9 Å². The normalized spacial score (nSPS) is 10.7. The van der Waals surface area contributed by atoms with Crippen molar-refractivity contribution in [2.24, 2.45) is 5.73 Å². The summed E-state index contributed by atoms with van der Waals surface area (Å²) in [5.74, 6) is -1.07. The lowest BCUT2D eigenvalue weighted by Crippen LogP contribution is -2.37. The number of amidine groups is 1. The van der Waals surface area contributed by atoms with Gasteiger partial charge in [0.25, 0.3) is 0 Å². The Morgan fingerprint density at radius 2 is 1.73 bits per heavy atom. The summed E-state index contributed by atoms with van der Waals surface area (Å²) in [5, 5.41) is 17.4. The number of fused-ring (bicyclic) bond motifs is 1. The number of nitrogen functional groups attached to an aromatic ring is 1. The van der Waals surface area contributed by atoms with Gasteiger partial charge >= 0.3 is 12.1 Å². The topological polar surface area (TPSA) is 150 Å². The number of nitrogens with zero attached hydrogens (tertiary/aromatic N) is 1. The van der Waals surface area contributed by atoms with E-state index in [2.05, 4.69) is 4.98 Å². The summed E-state index contributed by atoms with van der Waals surface area (Å²) in [6, 6.07) is 20.5. The molecule has 37 heavy (non-hydrogen) atoms. The number of aromatic amines is 1. The van der Waals surface area contributed by atoms with Gasteiger partial charge in [0.1, 0.15) is 18.1 Å². The van der Waals surface area contributed by atoms with Crippen LogP contribution in [0.1, 0.15) is 33.6 Å². The zero-order valence-electron chi connectivity index (χ0n) is 20.2. The summed E-state index contributed by atoms with van der Waals surface area (Å²) in [6.07, 6.45) is -0.0708. The van der Waals surface area contributed by atoms with Gasteiger partial charge in [0.15, 0.2) is 5.78 Å². The highest BCUT2D eigenvalue weighted by Crippen LogP contribution is 2.28. The molecule has 0 aliphatic carbocycles. The first kappa shape index (κ1) is 25.2. The van der Waals surface area contributed by atoms with E-state index in [0.29, 0.717) is 34.3 Å². The average Bonchev–Trinajstić information content (AvgIpc) is 3.21. The molecule has 0 bridgehead atoms. The molecule has 9 nitrogen and oxygen atoms in total. The highest BCUT2D eigenvalue weighted by Gasteiger charge is 2.22. The number of aromatic nitrogens is 1. The van der Waals surface area contributed by atoms with Crippen LogP contribution in [-0.4, -0.2) is 40.3 Å². The highest BCUT2D eigenvalue weighted by atomic mass is 16.6. The molecule has 0 saturated heterocycles. The third-order valence-electron chi connectivity index (χ3n) is 5.93. The number of benzene rings is 3. The van der Waals surface area contributed by atoms with E-state index < -0.39 is 18.6 Å². The van der Waals surface area contributed by atoms with Crippen molar-refractivity contribution in [2.75, 3.05) is 11.4 Å². The number of carboxylic acids is 1. The predicted octanol–water partition coefficient (Wildman–Crippen LogP) is 4.67. The number of hydrogen-bond donors (Lipinski definition) is 4. The number of amides is 1. The molecule has 4 aromatic rings. The van der Waals surface area contributed by atoms with Gasteiger partial charge in [0, 0.05) is 39.8 Å². The molecule has 3 aromatic carbocycles. The lowest BCUT2D eigenvalue weighted by molar-refractivity contribution is -0.135. The molecule has 9 heteroatoms. The number of para-hydroxylation sites is 1. The zero-order chi connectivity index (χ0) is 26.5. The minimum Gasteiger partial charge on any atom is -0.480 e. The van der Waals surface area contributed by atoms with Crippen molar-refractivity contribution in [3.8, 4) is 5.75 Å². The number of nitrogens with two attached hydrogens (primary N) is 1. The maximum absolute atomic E-state index is 13.2. The molecular weight excluding hydrogens is 472 g/mol. The lowest BCUT2D eigenvalue weighted by Gasteiger charge is -2.20. The number of ketones is 1. The number of H-pyrrole nitrogens is 1. The zero-order valence-corrected chi connectivity index (χ0v) is 20.2. The van der Waals surface area contributed by atoms with Gasteiger partial charge in [0.2, 0.25) is 0 Å². The fraction of sp³-hybridized carbons (Fsp3) is 0.143. The summed E-state index contributed by atoms with van der Waals surface area (Å²) < 4.78 is 5.51. The Labute approximate surface area is 213 Å². The monoisotopic (exact) mass is 498 g/mol. The first-order valence-electron chi connectivity index (χ1n) is 11.6. The van der Waals surface area contributed by atoms with Crippen molar-refractivity contribution in [1.82, 2.24) is 4.98 Å². The molecule has 0 atom stereocenters. The Morgan fingerprint density at radius 3 is 2.38 bits per heavy atom. The van der Waals surface area contributed by atoms with Gasteiger partial charge < -0.3 is 20.6 Å². The van der Waals surface area contributed by atoms with E-state index in [1.54, 1.807) is 60.7 Å². The number of rotatable bonds is 9. The number of nitrogens with one attached hydrogen (secondary N) is 2. The smallest absolute Gasteiger partial charge is 0.420 e. The first-order chi connectivity index (χ1) is 17.7. The summed E-state index contributed by atoms with van der Waals surface area (Å²) in [6.45, 7) is 1.25. The van der Waals surface area contributed by atoms with Crippen molar-refractivity contribution in [3.63, 3.8) is 0 Å². The molecule has 0 aliphatic rings. The summed E-state index contributed by atoms with van der Waals surface area (Å²) in [7, 11) is 0.